The van der Waals surface area contributed by atoms with Crippen molar-refractivity contribution in [3.63, 3.8) is 0 Å². The molecule has 0 saturated carbocycles. The average molecular weight is 291 g/mol. The van der Waals surface area contributed by atoms with E-state index in [1.165, 1.54) is 24.2 Å². The fourth-order valence-corrected chi connectivity index (χ4v) is 3.68. The summed E-state index contributed by atoms with van der Waals surface area (Å²) in [4.78, 5) is 4.30. The van der Waals surface area contributed by atoms with E-state index in [9.17, 15) is 0 Å². The van der Waals surface area contributed by atoms with E-state index in [2.05, 4.69) is 64.6 Å². The summed E-state index contributed by atoms with van der Waals surface area (Å²) in [5.41, 5.74) is 1.36. The van der Waals surface area contributed by atoms with Gasteiger partial charge in [-0.3, -0.25) is 4.99 Å². The van der Waals surface area contributed by atoms with Crippen LogP contribution in [0.25, 0.3) is 0 Å². The monoisotopic (exact) mass is 291 g/mol. The first kappa shape index (κ1) is 15.2. The number of benzene rings is 1. The Bertz CT molecular complexity index is 425. The van der Waals surface area contributed by atoms with Crippen LogP contribution in [0.15, 0.2) is 35.3 Å². The highest BCUT2D eigenvalue weighted by atomic mass is 32.2. The molecule has 2 rings (SSSR count). The second-order valence-electron chi connectivity index (χ2n) is 5.49. The maximum absolute atomic E-state index is 4.30. The van der Waals surface area contributed by atoms with E-state index in [0.717, 1.165) is 25.5 Å². The van der Waals surface area contributed by atoms with Gasteiger partial charge in [-0.1, -0.05) is 30.3 Å². The summed E-state index contributed by atoms with van der Waals surface area (Å²) in [6.45, 7) is 4.24. The van der Waals surface area contributed by atoms with Crippen molar-refractivity contribution < 1.29 is 0 Å². The van der Waals surface area contributed by atoms with Crippen molar-refractivity contribution in [2.75, 3.05) is 25.9 Å². The SMILES string of the molecule is CN=C(NCCc1ccccc1)NCC1(C)CCCS1. The zero-order chi connectivity index (χ0) is 14.3. The smallest absolute Gasteiger partial charge is 0.191 e. The van der Waals surface area contributed by atoms with Gasteiger partial charge in [-0.25, -0.2) is 0 Å². The van der Waals surface area contributed by atoms with Gasteiger partial charge in [0.1, 0.15) is 0 Å². The fraction of sp³-hybridized carbons (Fsp3) is 0.562. The molecule has 3 nitrogen and oxygen atoms in total. The van der Waals surface area contributed by atoms with Gasteiger partial charge < -0.3 is 10.6 Å². The summed E-state index contributed by atoms with van der Waals surface area (Å²) in [5.74, 6) is 2.20. The number of nitrogens with zero attached hydrogens (tertiary/aromatic N) is 1. The Hall–Kier alpha value is -1.16. The van der Waals surface area contributed by atoms with Crippen LogP contribution in [-0.2, 0) is 6.42 Å². The molecular weight excluding hydrogens is 266 g/mol. The summed E-state index contributed by atoms with van der Waals surface area (Å²) in [7, 11) is 1.84. The number of aliphatic imine (C=N–C) groups is 1. The largest absolute Gasteiger partial charge is 0.356 e. The lowest BCUT2D eigenvalue weighted by Gasteiger charge is -2.24. The average Bonchev–Trinajstić information content (AvgIpc) is 2.91. The van der Waals surface area contributed by atoms with Crippen molar-refractivity contribution in [1.82, 2.24) is 10.6 Å². The normalized spacial score (nSPS) is 22.8. The molecule has 1 atom stereocenters. The van der Waals surface area contributed by atoms with E-state index < -0.39 is 0 Å². The van der Waals surface area contributed by atoms with Crippen molar-refractivity contribution in [3.8, 4) is 0 Å². The van der Waals surface area contributed by atoms with Gasteiger partial charge in [0.25, 0.3) is 0 Å². The Balaban J connectivity index is 1.70. The standard InChI is InChI=1S/C16H25N3S/c1-16(10-6-12-20-16)13-19-15(17-2)18-11-9-14-7-4-3-5-8-14/h3-5,7-8H,6,9-13H2,1-2H3,(H2,17,18,19). The van der Waals surface area contributed by atoms with Gasteiger partial charge in [0.15, 0.2) is 5.96 Å². The van der Waals surface area contributed by atoms with Gasteiger partial charge >= 0.3 is 0 Å². The maximum atomic E-state index is 4.30. The molecule has 1 fully saturated rings. The lowest BCUT2D eigenvalue weighted by atomic mass is 10.1. The number of rotatable bonds is 5. The molecule has 1 aromatic rings. The van der Waals surface area contributed by atoms with E-state index in [4.69, 9.17) is 0 Å². The van der Waals surface area contributed by atoms with Crippen molar-refractivity contribution in [3.05, 3.63) is 35.9 Å². The van der Waals surface area contributed by atoms with Crippen LogP contribution in [0.5, 0.6) is 0 Å². The first-order valence-corrected chi connectivity index (χ1v) is 8.33. The minimum atomic E-state index is 0.372. The molecule has 0 bridgehead atoms. The molecule has 20 heavy (non-hydrogen) atoms. The molecule has 0 radical (unpaired) electrons. The number of nitrogens with one attached hydrogen (secondary N) is 2. The molecule has 1 heterocycles. The molecule has 0 aliphatic carbocycles. The summed E-state index contributed by atoms with van der Waals surface area (Å²) >= 11 is 2.07. The van der Waals surface area contributed by atoms with Crippen LogP contribution < -0.4 is 10.6 Å². The van der Waals surface area contributed by atoms with Gasteiger partial charge in [0.2, 0.25) is 0 Å². The third-order valence-electron chi connectivity index (χ3n) is 3.70. The van der Waals surface area contributed by atoms with E-state index in [-0.39, 0.29) is 0 Å². The highest BCUT2D eigenvalue weighted by Gasteiger charge is 2.29. The zero-order valence-corrected chi connectivity index (χ0v) is 13.3. The topological polar surface area (TPSA) is 36.4 Å². The molecule has 2 N–H and O–H groups in total. The van der Waals surface area contributed by atoms with Crippen LogP contribution >= 0.6 is 11.8 Å². The van der Waals surface area contributed by atoms with Gasteiger partial charge in [-0.2, -0.15) is 11.8 Å². The van der Waals surface area contributed by atoms with E-state index in [1.807, 2.05) is 7.05 Å². The summed E-state index contributed by atoms with van der Waals surface area (Å²) < 4.78 is 0.372. The second kappa shape index (κ2) is 7.58. The number of thioether (sulfide) groups is 1. The van der Waals surface area contributed by atoms with Crippen LogP contribution in [0.2, 0.25) is 0 Å². The molecule has 1 aromatic carbocycles. The maximum Gasteiger partial charge on any atom is 0.191 e. The summed E-state index contributed by atoms with van der Waals surface area (Å²) in [5, 5.41) is 6.84. The Kier molecular flexibility index (Phi) is 5.77. The van der Waals surface area contributed by atoms with E-state index >= 15 is 0 Å². The van der Waals surface area contributed by atoms with Crippen LogP contribution in [0.1, 0.15) is 25.3 Å². The second-order valence-corrected chi connectivity index (χ2v) is 7.17. The molecule has 0 spiro atoms. The van der Waals surface area contributed by atoms with Crippen molar-refractivity contribution in [2.45, 2.75) is 30.9 Å². The Morgan fingerprint density at radius 2 is 2.10 bits per heavy atom. The van der Waals surface area contributed by atoms with Gasteiger partial charge in [-0.15, -0.1) is 0 Å². The molecule has 0 amide bonds. The number of hydrogen-bond acceptors (Lipinski definition) is 2. The molecule has 110 valence electrons. The van der Waals surface area contributed by atoms with Crippen LogP contribution in [0.4, 0.5) is 0 Å². The van der Waals surface area contributed by atoms with Crippen molar-refractivity contribution in [1.29, 1.82) is 0 Å². The minimum absolute atomic E-state index is 0.372. The van der Waals surface area contributed by atoms with Crippen LogP contribution in [-0.4, -0.2) is 36.6 Å². The molecule has 1 unspecified atom stereocenters. The summed E-state index contributed by atoms with van der Waals surface area (Å²) in [6, 6.07) is 10.5. The fourth-order valence-electron chi connectivity index (χ4n) is 2.44. The first-order chi connectivity index (χ1) is 9.72. The molecule has 1 saturated heterocycles. The zero-order valence-electron chi connectivity index (χ0n) is 12.5. The third kappa shape index (κ3) is 4.75. The number of hydrogen-bond donors (Lipinski definition) is 2. The quantitative estimate of drug-likeness (QED) is 0.647. The van der Waals surface area contributed by atoms with Crippen LogP contribution in [0, 0.1) is 0 Å². The first-order valence-electron chi connectivity index (χ1n) is 7.34. The lowest BCUT2D eigenvalue weighted by molar-refractivity contribution is 0.584. The van der Waals surface area contributed by atoms with Crippen LogP contribution in [0.3, 0.4) is 0 Å². The Morgan fingerprint density at radius 3 is 2.75 bits per heavy atom. The van der Waals surface area contributed by atoms with E-state index in [0.29, 0.717) is 4.75 Å². The third-order valence-corrected chi connectivity index (χ3v) is 5.24. The predicted molar refractivity (Wildman–Crippen MR) is 89.6 cm³/mol. The highest BCUT2D eigenvalue weighted by Crippen LogP contribution is 2.36. The molecule has 1 aliphatic heterocycles. The Morgan fingerprint density at radius 1 is 1.30 bits per heavy atom. The number of guanidine groups is 1. The highest BCUT2D eigenvalue weighted by molar-refractivity contribution is 8.00. The molecular formula is C16H25N3S. The van der Waals surface area contributed by atoms with Gasteiger partial charge in [-0.05, 0) is 37.5 Å². The predicted octanol–water partition coefficient (Wildman–Crippen LogP) is 2.68. The minimum Gasteiger partial charge on any atom is -0.356 e. The van der Waals surface area contributed by atoms with Gasteiger partial charge in [0.05, 0.1) is 0 Å². The van der Waals surface area contributed by atoms with Crippen molar-refractivity contribution in [2.24, 2.45) is 4.99 Å². The van der Waals surface area contributed by atoms with Gasteiger partial charge in [0, 0.05) is 24.9 Å². The van der Waals surface area contributed by atoms with Crippen molar-refractivity contribution >= 4 is 17.7 Å². The molecule has 1 aliphatic rings. The summed E-state index contributed by atoms with van der Waals surface area (Å²) in [6.07, 6.45) is 3.65. The Labute approximate surface area is 126 Å². The lowest BCUT2D eigenvalue weighted by Crippen LogP contribution is -2.44. The molecule has 0 aromatic heterocycles. The molecule has 4 heteroatoms. The van der Waals surface area contributed by atoms with E-state index in [1.54, 1.807) is 0 Å².